The molecule has 3 heterocycles. The Morgan fingerprint density at radius 1 is 1.00 bits per heavy atom. The minimum Gasteiger partial charge on any atom is -0.454 e. The van der Waals surface area contributed by atoms with E-state index in [1.54, 1.807) is 18.2 Å². The number of fused-ring (bicyclic) bond motifs is 1. The van der Waals surface area contributed by atoms with E-state index in [2.05, 4.69) is 4.90 Å². The predicted octanol–water partition coefficient (Wildman–Crippen LogP) is 1.53. The summed E-state index contributed by atoms with van der Waals surface area (Å²) in [5.74, 6) is 0.972. The molecule has 0 bridgehead atoms. The van der Waals surface area contributed by atoms with Gasteiger partial charge in [0.2, 0.25) is 12.7 Å². The van der Waals surface area contributed by atoms with E-state index in [4.69, 9.17) is 9.47 Å². The second-order valence-corrected chi connectivity index (χ2v) is 5.92. The summed E-state index contributed by atoms with van der Waals surface area (Å²) in [7, 11) is 0. The lowest BCUT2D eigenvalue weighted by atomic mass is 10.1. The van der Waals surface area contributed by atoms with Crippen LogP contribution in [0.4, 0.5) is 5.69 Å². The van der Waals surface area contributed by atoms with Gasteiger partial charge in [0, 0.05) is 6.07 Å². The van der Waals surface area contributed by atoms with Gasteiger partial charge in [-0.3, -0.25) is 14.5 Å². The first-order chi connectivity index (χ1) is 10.7. The minimum absolute atomic E-state index is 0.120. The van der Waals surface area contributed by atoms with Gasteiger partial charge in [0.15, 0.2) is 11.5 Å². The second-order valence-electron chi connectivity index (χ2n) is 5.92. The van der Waals surface area contributed by atoms with Crippen molar-refractivity contribution in [2.75, 3.05) is 24.8 Å². The number of hydrogen-bond acceptors (Lipinski definition) is 5. The third kappa shape index (κ3) is 2.14. The summed E-state index contributed by atoms with van der Waals surface area (Å²) in [5.41, 5.74) is 0.568. The average molecular weight is 302 g/mol. The van der Waals surface area contributed by atoms with Crippen molar-refractivity contribution in [2.24, 2.45) is 0 Å². The molecule has 0 radical (unpaired) electrons. The Morgan fingerprint density at radius 2 is 1.77 bits per heavy atom. The molecule has 0 unspecified atom stereocenters. The molecule has 6 nitrogen and oxygen atoms in total. The van der Waals surface area contributed by atoms with Gasteiger partial charge in [-0.15, -0.1) is 0 Å². The first-order valence-electron chi connectivity index (χ1n) is 7.74. The molecule has 1 aromatic rings. The number of carbonyl (C=O) groups excluding carboxylic acids is 2. The SMILES string of the molecule is O=C1C[C@H](N2CCCCC2)C(=O)N1c1ccc2c(c1)OCO2. The van der Waals surface area contributed by atoms with Crippen LogP contribution in [-0.4, -0.2) is 42.6 Å². The molecule has 4 rings (SSSR count). The van der Waals surface area contributed by atoms with Crippen LogP contribution in [0.15, 0.2) is 18.2 Å². The average Bonchev–Trinajstić information content (AvgIpc) is 3.12. The maximum Gasteiger partial charge on any atom is 0.251 e. The lowest BCUT2D eigenvalue weighted by Gasteiger charge is -2.30. The topological polar surface area (TPSA) is 59.1 Å². The number of likely N-dealkylation sites (tertiary alicyclic amines) is 1. The molecule has 1 atom stereocenters. The summed E-state index contributed by atoms with van der Waals surface area (Å²) < 4.78 is 10.6. The van der Waals surface area contributed by atoms with Crippen LogP contribution >= 0.6 is 0 Å². The van der Waals surface area contributed by atoms with Crippen LogP contribution in [0.2, 0.25) is 0 Å². The van der Waals surface area contributed by atoms with Gasteiger partial charge in [0.25, 0.3) is 5.91 Å². The Bertz CT molecular complexity index is 625. The summed E-state index contributed by atoms with van der Waals surface area (Å²) >= 11 is 0. The van der Waals surface area contributed by atoms with Crippen molar-refractivity contribution < 1.29 is 19.1 Å². The number of hydrogen-bond donors (Lipinski definition) is 0. The predicted molar refractivity (Wildman–Crippen MR) is 78.9 cm³/mol. The maximum atomic E-state index is 12.7. The van der Waals surface area contributed by atoms with Crippen molar-refractivity contribution in [1.82, 2.24) is 4.90 Å². The molecule has 0 aromatic heterocycles. The van der Waals surface area contributed by atoms with Gasteiger partial charge in [0.05, 0.1) is 18.2 Å². The maximum absolute atomic E-state index is 12.7. The van der Waals surface area contributed by atoms with E-state index >= 15 is 0 Å². The number of benzene rings is 1. The highest BCUT2D eigenvalue weighted by molar-refractivity contribution is 6.22. The monoisotopic (exact) mass is 302 g/mol. The molecule has 0 N–H and O–H groups in total. The minimum atomic E-state index is -0.307. The fourth-order valence-corrected chi connectivity index (χ4v) is 3.43. The highest BCUT2D eigenvalue weighted by atomic mass is 16.7. The molecule has 0 spiro atoms. The van der Waals surface area contributed by atoms with Crippen LogP contribution in [0.5, 0.6) is 11.5 Å². The zero-order chi connectivity index (χ0) is 15.1. The third-order valence-electron chi connectivity index (χ3n) is 4.57. The lowest BCUT2D eigenvalue weighted by molar-refractivity contribution is -0.123. The number of rotatable bonds is 2. The van der Waals surface area contributed by atoms with Crippen molar-refractivity contribution in [3.05, 3.63) is 18.2 Å². The Morgan fingerprint density at radius 3 is 2.59 bits per heavy atom. The van der Waals surface area contributed by atoms with Crippen molar-refractivity contribution in [2.45, 2.75) is 31.7 Å². The van der Waals surface area contributed by atoms with Crippen LogP contribution in [0.25, 0.3) is 0 Å². The van der Waals surface area contributed by atoms with Crippen LogP contribution in [0.1, 0.15) is 25.7 Å². The van der Waals surface area contributed by atoms with Gasteiger partial charge in [0.1, 0.15) is 0 Å². The van der Waals surface area contributed by atoms with Crippen LogP contribution in [-0.2, 0) is 9.59 Å². The molecule has 6 heteroatoms. The molecule has 3 aliphatic heterocycles. The lowest BCUT2D eigenvalue weighted by Crippen LogP contribution is -2.44. The number of nitrogens with zero attached hydrogens (tertiary/aromatic N) is 2. The summed E-state index contributed by atoms with van der Waals surface area (Å²) in [5, 5.41) is 0. The number of carbonyl (C=O) groups is 2. The zero-order valence-electron chi connectivity index (χ0n) is 12.3. The van der Waals surface area contributed by atoms with Gasteiger partial charge in [-0.2, -0.15) is 0 Å². The quantitative estimate of drug-likeness (QED) is 0.776. The molecule has 2 fully saturated rings. The number of anilines is 1. The van der Waals surface area contributed by atoms with Crippen molar-refractivity contribution in [3.63, 3.8) is 0 Å². The molecule has 3 aliphatic rings. The molecule has 22 heavy (non-hydrogen) atoms. The fourth-order valence-electron chi connectivity index (χ4n) is 3.43. The largest absolute Gasteiger partial charge is 0.454 e. The smallest absolute Gasteiger partial charge is 0.251 e. The van der Waals surface area contributed by atoms with E-state index in [-0.39, 0.29) is 31.1 Å². The Balaban J connectivity index is 1.59. The van der Waals surface area contributed by atoms with E-state index in [9.17, 15) is 9.59 Å². The summed E-state index contributed by atoms with van der Waals surface area (Å²) in [6.45, 7) is 1.98. The van der Waals surface area contributed by atoms with Crippen LogP contribution < -0.4 is 14.4 Å². The van der Waals surface area contributed by atoms with Crippen LogP contribution in [0, 0.1) is 0 Å². The first-order valence-corrected chi connectivity index (χ1v) is 7.74. The van der Waals surface area contributed by atoms with Gasteiger partial charge in [-0.1, -0.05) is 6.42 Å². The van der Waals surface area contributed by atoms with Gasteiger partial charge < -0.3 is 9.47 Å². The number of imide groups is 1. The van der Waals surface area contributed by atoms with Gasteiger partial charge >= 0.3 is 0 Å². The first kappa shape index (κ1) is 13.6. The van der Waals surface area contributed by atoms with Gasteiger partial charge in [-0.25, -0.2) is 4.90 Å². The second kappa shape index (κ2) is 5.28. The van der Waals surface area contributed by atoms with E-state index in [1.807, 2.05) is 0 Å². The zero-order valence-corrected chi connectivity index (χ0v) is 12.3. The Hall–Kier alpha value is -2.08. The molecular weight excluding hydrogens is 284 g/mol. The summed E-state index contributed by atoms with van der Waals surface area (Å²) in [6, 6.07) is 4.88. The molecule has 2 saturated heterocycles. The van der Waals surface area contributed by atoms with Crippen LogP contribution in [0.3, 0.4) is 0 Å². The molecule has 116 valence electrons. The van der Waals surface area contributed by atoms with Crippen molar-refractivity contribution in [3.8, 4) is 11.5 Å². The number of amides is 2. The molecule has 2 amide bonds. The number of ether oxygens (including phenoxy) is 2. The van der Waals surface area contributed by atoms with Gasteiger partial charge in [-0.05, 0) is 38.1 Å². The molecular formula is C16H18N2O4. The fraction of sp³-hybridized carbons (Fsp3) is 0.500. The normalized spacial score (nSPS) is 25.1. The number of piperidine rings is 1. The van der Waals surface area contributed by atoms with Crippen molar-refractivity contribution >= 4 is 17.5 Å². The molecule has 1 aromatic carbocycles. The highest BCUT2D eigenvalue weighted by Crippen LogP contribution is 2.37. The highest BCUT2D eigenvalue weighted by Gasteiger charge is 2.43. The van der Waals surface area contributed by atoms with E-state index < -0.39 is 0 Å². The van der Waals surface area contributed by atoms with E-state index in [1.165, 1.54) is 11.3 Å². The third-order valence-corrected chi connectivity index (χ3v) is 4.57. The Labute approximate surface area is 128 Å². The van der Waals surface area contributed by atoms with Crippen molar-refractivity contribution in [1.29, 1.82) is 0 Å². The Kier molecular flexibility index (Phi) is 3.26. The van der Waals surface area contributed by atoms with E-state index in [0.29, 0.717) is 17.2 Å². The summed E-state index contributed by atoms with van der Waals surface area (Å²) in [6.07, 6.45) is 3.68. The molecule has 0 saturated carbocycles. The summed E-state index contributed by atoms with van der Waals surface area (Å²) in [4.78, 5) is 28.5. The van der Waals surface area contributed by atoms with E-state index in [0.717, 1.165) is 25.9 Å². The molecule has 0 aliphatic carbocycles. The standard InChI is InChI=1S/C16H18N2O4/c19-15-9-12(17-6-2-1-3-7-17)16(20)18(15)11-4-5-13-14(8-11)22-10-21-13/h4-5,8,12H,1-3,6-7,9-10H2/t12-/m0/s1.